The molecule has 0 radical (unpaired) electrons. The summed E-state index contributed by atoms with van der Waals surface area (Å²) in [5.74, 6) is 1.10. The van der Waals surface area contributed by atoms with Gasteiger partial charge in [0.15, 0.2) is 11.5 Å². The van der Waals surface area contributed by atoms with Gasteiger partial charge in [0.25, 0.3) is 0 Å². The summed E-state index contributed by atoms with van der Waals surface area (Å²) >= 11 is 0. The fourth-order valence-electron chi connectivity index (χ4n) is 3.56. The molecule has 162 valence electrons. The molecule has 5 aromatic rings. The van der Waals surface area contributed by atoms with Crippen LogP contribution in [0.2, 0.25) is 0 Å². The van der Waals surface area contributed by atoms with Gasteiger partial charge in [0.1, 0.15) is 11.3 Å². The molecule has 0 aliphatic rings. The van der Waals surface area contributed by atoms with Gasteiger partial charge >= 0.3 is 0 Å². The molecule has 6 nitrogen and oxygen atoms in total. The van der Waals surface area contributed by atoms with Crippen LogP contribution in [0.3, 0.4) is 0 Å². The number of pyridine rings is 2. The van der Waals surface area contributed by atoms with Crippen molar-refractivity contribution in [3.05, 3.63) is 90.1 Å². The Balaban J connectivity index is 0.00000126. The average molecular weight is 433 g/mol. The number of aryl methyl sites for hydroxylation is 1. The van der Waals surface area contributed by atoms with E-state index in [9.17, 15) is 0 Å². The van der Waals surface area contributed by atoms with E-state index >= 15 is 0 Å². The number of fused-ring (bicyclic) bond motifs is 1. The van der Waals surface area contributed by atoms with Crippen molar-refractivity contribution in [3.63, 3.8) is 0 Å². The number of hydrogen-bond donors (Lipinski definition) is 1. The first kappa shape index (κ1) is 21.7. The number of nitrogens with zero attached hydrogens (tertiary/aromatic N) is 5. The van der Waals surface area contributed by atoms with E-state index in [1.54, 1.807) is 18.3 Å². The second-order valence-electron chi connectivity index (χ2n) is 7.27. The predicted octanol–water partition coefficient (Wildman–Crippen LogP) is 5.94. The van der Waals surface area contributed by atoms with Crippen molar-refractivity contribution in [2.75, 3.05) is 5.73 Å². The standard InChI is InChI=1S/C25H18N6.C2H6/c1-16-4-10-19(11-5-16)31-24(20-3-2-14-28-23(20)27)30-22-13-12-21(29-25(22)31)18-8-6-17(15-26)7-9-18;1-2/h2-14H,1H3,(H2,27,28);1-2H3. The summed E-state index contributed by atoms with van der Waals surface area (Å²) in [6, 6.07) is 25.4. The summed E-state index contributed by atoms with van der Waals surface area (Å²) in [6.45, 7) is 6.05. The van der Waals surface area contributed by atoms with Crippen LogP contribution in [0.15, 0.2) is 79.0 Å². The average Bonchev–Trinajstić information content (AvgIpc) is 3.24. The van der Waals surface area contributed by atoms with Crippen LogP contribution in [0, 0.1) is 18.3 Å². The van der Waals surface area contributed by atoms with Gasteiger partial charge in [-0.15, -0.1) is 0 Å². The Kier molecular flexibility index (Phi) is 6.14. The fraction of sp³-hybridized carbons (Fsp3) is 0.111. The molecule has 0 saturated heterocycles. The Morgan fingerprint density at radius 3 is 2.27 bits per heavy atom. The topological polar surface area (TPSA) is 93.4 Å². The van der Waals surface area contributed by atoms with Gasteiger partial charge in [-0.2, -0.15) is 5.26 Å². The number of nitriles is 1. The first-order chi connectivity index (χ1) is 16.1. The highest BCUT2D eigenvalue weighted by Crippen LogP contribution is 2.31. The normalized spacial score (nSPS) is 10.4. The minimum Gasteiger partial charge on any atom is -0.383 e. The van der Waals surface area contributed by atoms with Crippen molar-refractivity contribution in [2.45, 2.75) is 20.8 Å². The summed E-state index contributed by atoms with van der Waals surface area (Å²) < 4.78 is 2.01. The largest absolute Gasteiger partial charge is 0.383 e. The maximum Gasteiger partial charge on any atom is 0.165 e. The zero-order valence-electron chi connectivity index (χ0n) is 18.8. The van der Waals surface area contributed by atoms with Gasteiger partial charge in [-0.05, 0) is 55.5 Å². The molecule has 0 aliphatic heterocycles. The summed E-state index contributed by atoms with van der Waals surface area (Å²) in [7, 11) is 0. The summed E-state index contributed by atoms with van der Waals surface area (Å²) in [4.78, 5) is 14.0. The third-order valence-corrected chi connectivity index (χ3v) is 5.19. The van der Waals surface area contributed by atoms with Gasteiger partial charge in [-0.1, -0.05) is 43.7 Å². The molecule has 0 unspecified atom stereocenters. The van der Waals surface area contributed by atoms with Crippen molar-refractivity contribution in [1.82, 2.24) is 19.5 Å². The Labute approximate surface area is 193 Å². The van der Waals surface area contributed by atoms with Crippen LogP contribution in [0.25, 0.3) is 39.5 Å². The zero-order valence-corrected chi connectivity index (χ0v) is 18.8. The number of rotatable bonds is 3. The summed E-state index contributed by atoms with van der Waals surface area (Å²) in [5, 5.41) is 9.06. The molecular weight excluding hydrogens is 408 g/mol. The highest BCUT2D eigenvalue weighted by atomic mass is 15.1. The minimum absolute atomic E-state index is 0.415. The molecule has 0 amide bonds. The fourth-order valence-corrected chi connectivity index (χ4v) is 3.56. The van der Waals surface area contributed by atoms with Gasteiger partial charge in [0.2, 0.25) is 0 Å². The molecule has 0 fully saturated rings. The molecular formula is C27H24N6. The quantitative estimate of drug-likeness (QED) is 0.381. The number of benzene rings is 2. The molecule has 3 heterocycles. The molecule has 3 aromatic heterocycles. The monoisotopic (exact) mass is 432 g/mol. The number of anilines is 1. The van der Waals surface area contributed by atoms with Crippen LogP contribution in [0.1, 0.15) is 25.0 Å². The van der Waals surface area contributed by atoms with Crippen LogP contribution in [-0.4, -0.2) is 19.5 Å². The van der Waals surface area contributed by atoms with E-state index in [2.05, 4.69) is 30.1 Å². The maximum absolute atomic E-state index is 9.06. The Hall–Kier alpha value is -4.50. The number of nitrogens with two attached hydrogens (primary N) is 1. The van der Waals surface area contributed by atoms with E-state index in [1.807, 2.05) is 66.9 Å². The van der Waals surface area contributed by atoms with Crippen molar-refractivity contribution in [2.24, 2.45) is 0 Å². The van der Waals surface area contributed by atoms with Crippen molar-refractivity contribution >= 4 is 17.0 Å². The highest BCUT2D eigenvalue weighted by molar-refractivity contribution is 5.84. The number of hydrogen-bond acceptors (Lipinski definition) is 5. The predicted molar refractivity (Wildman–Crippen MR) is 133 cm³/mol. The van der Waals surface area contributed by atoms with Gasteiger partial charge in [-0.25, -0.2) is 15.0 Å². The third-order valence-electron chi connectivity index (χ3n) is 5.19. The van der Waals surface area contributed by atoms with Gasteiger partial charge < -0.3 is 5.73 Å². The SMILES string of the molecule is CC.Cc1ccc(-n2c(-c3cccnc3N)nc3ccc(-c4ccc(C#N)cc4)nc32)cc1. The van der Waals surface area contributed by atoms with E-state index in [1.165, 1.54) is 5.56 Å². The second kappa shape index (κ2) is 9.33. The zero-order chi connectivity index (χ0) is 23.4. The Bertz CT molecular complexity index is 1440. The van der Waals surface area contributed by atoms with Crippen LogP contribution in [0.4, 0.5) is 5.82 Å². The smallest absolute Gasteiger partial charge is 0.165 e. The van der Waals surface area contributed by atoms with Gasteiger partial charge in [0.05, 0.1) is 22.9 Å². The molecule has 0 saturated carbocycles. The molecule has 6 heteroatoms. The van der Waals surface area contributed by atoms with Crippen LogP contribution in [0.5, 0.6) is 0 Å². The number of nitrogen functional groups attached to an aromatic ring is 1. The van der Waals surface area contributed by atoms with E-state index < -0.39 is 0 Å². The molecule has 5 rings (SSSR count). The summed E-state index contributed by atoms with van der Waals surface area (Å²) in [5.41, 5.74) is 12.9. The number of imidazole rings is 1. The lowest BCUT2D eigenvalue weighted by Crippen LogP contribution is -2.02. The lowest BCUT2D eigenvalue weighted by atomic mass is 10.1. The first-order valence-electron chi connectivity index (χ1n) is 10.8. The second-order valence-corrected chi connectivity index (χ2v) is 7.27. The van der Waals surface area contributed by atoms with Crippen molar-refractivity contribution in [1.29, 1.82) is 5.26 Å². The van der Waals surface area contributed by atoms with Crippen LogP contribution < -0.4 is 5.73 Å². The first-order valence-corrected chi connectivity index (χ1v) is 10.8. The molecule has 0 aliphatic carbocycles. The third kappa shape index (κ3) is 4.17. The Morgan fingerprint density at radius 2 is 1.61 bits per heavy atom. The summed E-state index contributed by atoms with van der Waals surface area (Å²) in [6.07, 6.45) is 1.67. The lowest BCUT2D eigenvalue weighted by Gasteiger charge is -2.11. The molecule has 0 atom stereocenters. The molecule has 0 bridgehead atoms. The molecule has 2 N–H and O–H groups in total. The molecule has 0 spiro atoms. The van der Waals surface area contributed by atoms with E-state index in [0.29, 0.717) is 17.2 Å². The van der Waals surface area contributed by atoms with E-state index in [0.717, 1.165) is 33.7 Å². The number of aromatic nitrogens is 4. The minimum atomic E-state index is 0.415. The van der Waals surface area contributed by atoms with E-state index in [-0.39, 0.29) is 0 Å². The maximum atomic E-state index is 9.06. The van der Waals surface area contributed by atoms with Crippen molar-refractivity contribution < 1.29 is 0 Å². The van der Waals surface area contributed by atoms with E-state index in [4.69, 9.17) is 21.0 Å². The van der Waals surface area contributed by atoms with Crippen molar-refractivity contribution in [3.8, 4) is 34.4 Å². The van der Waals surface area contributed by atoms with Crippen LogP contribution >= 0.6 is 0 Å². The Morgan fingerprint density at radius 1 is 0.879 bits per heavy atom. The molecule has 2 aromatic carbocycles. The lowest BCUT2D eigenvalue weighted by molar-refractivity contribution is 1.07. The van der Waals surface area contributed by atoms with Gasteiger partial charge in [0, 0.05) is 17.4 Å². The van der Waals surface area contributed by atoms with Crippen LogP contribution in [-0.2, 0) is 0 Å². The van der Waals surface area contributed by atoms with Gasteiger partial charge in [-0.3, -0.25) is 4.57 Å². The highest BCUT2D eigenvalue weighted by Gasteiger charge is 2.18. The molecule has 33 heavy (non-hydrogen) atoms.